The Morgan fingerprint density at radius 3 is 2.89 bits per heavy atom. The van der Waals surface area contributed by atoms with Crippen LogP contribution in [0.4, 0.5) is 11.4 Å². The molecule has 1 atom stereocenters. The molecule has 6 nitrogen and oxygen atoms in total. The molecule has 1 N–H and O–H groups in total. The summed E-state index contributed by atoms with van der Waals surface area (Å²) in [7, 11) is 3.42. The molecule has 0 spiro atoms. The van der Waals surface area contributed by atoms with Gasteiger partial charge in [-0.25, -0.2) is 0 Å². The van der Waals surface area contributed by atoms with Crippen molar-refractivity contribution in [2.75, 3.05) is 32.1 Å². The van der Waals surface area contributed by atoms with Crippen molar-refractivity contribution in [1.29, 1.82) is 0 Å². The minimum Gasteiger partial charge on any atom is -0.496 e. The van der Waals surface area contributed by atoms with Crippen LogP contribution in [0.15, 0.2) is 18.2 Å². The molecule has 1 aliphatic heterocycles. The predicted molar refractivity (Wildman–Crippen MR) is 73.9 cm³/mol. The lowest BCUT2D eigenvalue weighted by molar-refractivity contribution is -0.384. The number of hydrogen-bond donors (Lipinski definition) is 1. The van der Waals surface area contributed by atoms with Gasteiger partial charge in [0.15, 0.2) is 0 Å². The number of rotatable bonds is 4. The number of nitrogens with one attached hydrogen (secondary N) is 1. The second kappa shape index (κ2) is 5.88. The van der Waals surface area contributed by atoms with Gasteiger partial charge in [-0.2, -0.15) is 0 Å². The maximum Gasteiger partial charge on any atom is 0.296 e. The molecule has 0 radical (unpaired) electrons. The van der Waals surface area contributed by atoms with Gasteiger partial charge in [-0.05, 0) is 31.5 Å². The van der Waals surface area contributed by atoms with Gasteiger partial charge >= 0.3 is 0 Å². The van der Waals surface area contributed by atoms with Gasteiger partial charge in [-0.1, -0.05) is 0 Å². The van der Waals surface area contributed by atoms with Crippen LogP contribution in [0.1, 0.15) is 12.8 Å². The second-order valence-electron chi connectivity index (χ2n) is 4.72. The molecule has 1 saturated heterocycles. The smallest absolute Gasteiger partial charge is 0.296 e. The highest BCUT2D eigenvalue weighted by atomic mass is 16.6. The van der Waals surface area contributed by atoms with Gasteiger partial charge in [-0.15, -0.1) is 0 Å². The lowest BCUT2D eigenvalue weighted by Crippen LogP contribution is -2.44. The first-order valence-electron chi connectivity index (χ1n) is 6.39. The lowest BCUT2D eigenvalue weighted by atomic mass is 10.1. The number of benzene rings is 1. The molecule has 1 aliphatic rings. The van der Waals surface area contributed by atoms with E-state index in [0.29, 0.717) is 17.5 Å². The van der Waals surface area contributed by atoms with E-state index in [1.807, 2.05) is 11.9 Å². The van der Waals surface area contributed by atoms with E-state index in [-0.39, 0.29) is 10.6 Å². The first-order valence-corrected chi connectivity index (χ1v) is 6.39. The Kier molecular flexibility index (Phi) is 4.21. The lowest BCUT2D eigenvalue weighted by Gasteiger charge is -2.33. The highest BCUT2D eigenvalue weighted by molar-refractivity contribution is 5.65. The van der Waals surface area contributed by atoms with Crippen LogP contribution in [0.3, 0.4) is 0 Å². The molecule has 1 fully saturated rings. The fourth-order valence-electron chi connectivity index (χ4n) is 2.44. The zero-order valence-corrected chi connectivity index (χ0v) is 11.3. The number of ether oxygens (including phenoxy) is 1. The third kappa shape index (κ3) is 2.96. The van der Waals surface area contributed by atoms with Crippen LogP contribution in [0.5, 0.6) is 5.75 Å². The van der Waals surface area contributed by atoms with Crippen molar-refractivity contribution in [2.24, 2.45) is 0 Å². The van der Waals surface area contributed by atoms with Crippen LogP contribution in [-0.2, 0) is 0 Å². The summed E-state index contributed by atoms with van der Waals surface area (Å²) >= 11 is 0. The van der Waals surface area contributed by atoms with E-state index in [1.54, 1.807) is 12.1 Å². The number of nitro benzene ring substituents is 1. The van der Waals surface area contributed by atoms with Crippen LogP contribution >= 0.6 is 0 Å². The highest BCUT2D eigenvalue weighted by Crippen LogP contribution is 2.33. The summed E-state index contributed by atoms with van der Waals surface area (Å²) in [5, 5.41) is 14.5. The molecule has 0 aromatic heterocycles. The number of nitro groups is 1. The fraction of sp³-hybridized carbons (Fsp3) is 0.538. The van der Waals surface area contributed by atoms with Gasteiger partial charge in [-0.3, -0.25) is 10.1 Å². The molecule has 0 amide bonds. The molecular formula is C13H19N3O3. The van der Waals surface area contributed by atoms with E-state index in [1.165, 1.54) is 13.2 Å². The van der Waals surface area contributed by atoms with Crippen molar-refractivity contribution in [2.45, 2.75) is 18.9 Å². The average Bonchev–Trinajstić information content (AvgIpc) is 2.46. The van der Waals surface area contributed by atoms with E-state index in [9.17, 15) is 10.1 Å². The van der Waals surface area contributed by atoms with E-state index < -0.39 is 0 Å². The molecule has 1 heterocycles. The molecule has 104 valence electrons. The SMILES string of the molecule is COc1ccc(N(C)C2CCCNC2)c([N+](=O)[O-])c1. The first-order chi connectivity index (χ1) is 9.13. The molecule has 2 rings (SSSR count). The minimum absolute atomic E-state index is 0.0902. The van der Waals surface area contributed by atoms with Gasteiger partial charge in [0, 0.05) is 19.6 Å². The van der Waals surface area contributed by atoms with Crippen LogP contribution in [0, 0.1) is 10.1 Å². The third-order valence-corrected chi connectivity index (χ3v) is 3.58. The van der Waals surface area contributed by atoms with E-state index in [4.69, 9.17) is 4.74 Å². The van der Waals surface area contributed by atoms with Crippen molar-refractivity contribution < 1.29 is 9.66 Å². The summed E-state index contributed by atoms with van der Waals surface area (Å²) in [6, 6.07) is 5.28. The maximum atomic E-state index is 11.2. The van der Waals surface area contributed by atoms with Crippen LogP contribution in [-0.4, -0.2) is 38.2 Å². The average molecular weight is 265 g/mol. The number of piperidine rings is 1. The van der Waals surface area contributed by atoms with Crippen molar-refractivity contribution in [3.63, 3.8) is 0 Å². The number of likely N-dealkylation sites (N-methyl/N-ethyl adjacent to an activating group) is 1. The second-order valence-corrected chi connectivity index (χ2v) is 4.72. The summed E-state index contributed by atoms with van der Waals surface area (Å²) in [5.41, 5.74) is 0.729. The Morgan fingerprint density at radius 1 is 1.53 bits per heavy atom. The van der Waals surface area contributed by atoms with Crippen LogP contribution < -0.4 is 15.0 Å². The van der Waals surface area contributed by atoms with E-state index in [2.05, 4.69) is 5.32 Å². The van der Waals surface area contributed by atoms with Gasteiger partial charge in [0.1, 0.15) is 11.4 Å². The fourth-order valence-corrected chi connectivity index (χ4v) is 2.44. The molecular weight excluding hydrogens is 246 g/mol. The standard InChI is InChI=1S/C13H19N3O3/c1-15(10-4-3-7-14-9-10)12-6-5-11(19-2)8-13(12)16(17)18/h5-6,8,10,14H,3-4,7,9H2,1-2H3. The minimum atomic E-state index is -0.357. The normalized spacial score (nSPS) is 18.9. The quantitative estimate of drug-likeness (QED) is 0.664. The topological polar surface area (TPSA) is 67.6 Å². The zero-order chi connectivity index (χ0) is 13.8. The predicted octanol–water partition coefficient (Wildman–Crippen LogP) is 1.79. The first kappa shape index (κ1) is 13.6. The van der Waals surface area contributed by atoms with Crippen molar-refractivity contribution in [3.05, 3.63) is 28.3 Å². The Labute approximate surface area is 112 Å². The molecule has 1 aromatic rings. The molecule has 19 heavy (non-hydrogen) atoms. The summed E-state index contributed by atoms with van der Waals surface area (Å²) in [6.07, 6.45) is 2.14. The summed E-state index contributed by atoms with van der Waals surface area (Å²) in [6.45, 7) is 1.88. The number of nitrogens with zero attached hydrogens (tertiary/aromatic N) is 2. The van der Waals surface area contributed by atoms with Crippen molar-refractivity contribution in [3.8, 4) is 5.75 Å². The van der Waals surface area contributed by atoms with Crippen LogP contribution in [0.2, 0.25) is 0 Å². The summed E-state index contributed by atoms with van der Waals surface area (Å²) in [5.74, 6) is 0.505. The number of anilines is 1. The monoisotopic (exact) mass is 265 g/mol. The zero-order valence-electron chi connectivity index (χ0n) is 11.3. The van der Waals surface area contributed by atoms with E-state index >= 15 is 0 Å². The van der Waals surface area contributed by atoms with Gasteiger partial charge in [0.2, 0.25) is 0 Å². The van der Waals surface area contributed by atoms with Gasteiger partial charge < -0.3 is 15.0 Å². The molecule has 0 aliphatic carbocycles. The van der Waals surface area contributed by atoms with Gasteiger partial charge in [0.05, 0.1) is 18.1 Å². The van der Waals surface area contributed by atoms with Crippen molar-refractivity contribution >= 4 is 11.4 Å². The highest BCUT2D eigenvalue weighted by Gasteiger charge is 2.24. The summed E-state index contributed by atoms with van der Waals surface area (Å²) < 4.78 is 5.05. The van der Waals surface area contributed by atoms with Crippen molar-refractivity contribution in [1.82, 2.24) is 5.32 Å². The molecule has 1 aromatic carbocycles. The molecule has 0 saturated carbocycles. The Hall–Kier alpha value is -1.82. The Morgan fingerprint density at radius 2 is 2.32 bits per heavy atom. The van der Waals surface area contributed by atoms with Gasteiger partial charge in [0.25, 0.3) is 5.69 Å². The Bertz CT molecular complexity index is 458. The third-order valence-electron chi connectivity index (χ3n) is 3.58. The molecule has 1 unspecified atom stereocenters. The Balaban J connectivity index is 2.29. The number of methoxy groups -OCH3 is 1. The van der Waals surface area contributed by atoms with Crippen LogP contribution in [0.25, 0.3) is 0 Å². The molecule has 0 bridgehead atoms. The number of hydrogen-bond acceptors (Lipinski definition) is 5. The summed E-state index contributed by atoms with van der Waals surface area (Å²) in [4.78, 5) is 12.8. The largest absolute Gasteiger partial charge is 0.496 e. The van der Waals surface area contributed by atoms with E-state index in [0.717, 1.165) is 25.9 Å². The molecule has 6 heteroatoms. The maximum absolute atomic E-state index is 11.2.